The van der Waals surface area contributed by atoms with Crippen LogP contribution in [0.4, 0.5) is 0 Å². The summed E-state index contributed by atoms with van der Waals surface area (Å²) >= 11 is 0. The number of rotatable bonds is 5. The molecule has 0 aliphatic heterocycles. The molecule has 0 fully saturated rings. The molecule has 0 aliphatic carbocycles. The van der Waals surface area contributed by atoms with Gasteiger partial charge in [0.15, 0.2) is 0 Å². The van der Waals surface area contributed by atoms with Crippen LogP contribution < -0.4 is 0 Å². The van der Waals surface area contributed by atoms with E-state index in [0.717, 1.165) is 6.42 Å². The number of benzene rings is 1. The number of hydrogen-bond donors (Lipinski definition) is 0. The monoisotopic (exact) mass is 202 g/mol. The lowest BCUT2D eigenvalue weighted by molar-refractivity contribution is -0.118. The molecule has 0 heterocycles. The van der Waals surface area contributed by atoms with Crippen LogP contribution in [0.1, 0.15) is 32.3 Å². The normalized spacial score (nSPS) is 11.5. The van der Waals surface area contributed by atoms with Crippen LogP contribution in [0.15, 0.2) is 42.0 Å². The molecule has 1 aromatic rings. The fourth-order valence-electron chi connectivity index (χ4n) is 1.41. The highest BCUT2D eigenvalue weighted by Gasteiger charge is 1.98. The van der Waals surface area contributed by atoms with Gasteiger partial charge in [0.05, 0.1) is 0 Å². The molecular weight excluding hydrogens is 184 g/mol. The zero-order valence-corrected chi connectivity index (χ0v) is 9.49. The molecule has 0 spiro atoms. The number of Topliss-reactive ketones (excluding diaryl/α,β-unsaturated/α-hetero) is 1. The van der Waals surface area contributed by atoms with Crippen molar-refractivity contribution in [2.75, 3.05) is 0 Å². The Morgan fingerprint density at radius 2 is 1.93 bits per heavy atom. The molecule has 15 heavy (non-hydrogen) atoms. The minimum atomic E-state index is 0.316. The second kappa shape index (κ2) is 6.18. The molecule has 0 atom stereocenters. The van der Waals surface area contributed by atoms with Crippen molar-refractivity contribution in [3.8, 4) is 0 Å². The Hall–Kier alpha value is -1.37. The third-order valence-corrected chi connectivity index (χ3v) is 2.40. The average Bonchev–Trinajstić information content (AvgIpc) is 2.27. The van der Waals surface area contributed by atoms with Gasteiger partial charge in [0.25, 0.3) is 0 Å². The maximum absolute atomic E-state index is 11.2. The fraction of sp³-hybridized carbons (Fsp3) is 0.357. The van der Waals surface area contributed by atoms with E-state index in [1.54, 1.807) is 0 Å². The second-order valence-electron chi connectivity index (χ2n) is 3.81. The highest BCUT2D eigenvalue weighted by atomic mass is 16.1. The molecule has 1 heteroatoms. The second-order valence-corrected chi connectivity index (χ2v) is 3.81. The molecule has 1 aromatic carbocycles. The Morgan fingerprint density at radius 3 is 2.53 bits per heavy atom. The summed E-state index contributed by atoms with van der Waals surface area (Å²) in [5, 5.41) is 0. The first-order valence-corrected chi connectivity index (χ1v) is 5.43. The first kappa shape index (κ1) is 11.7. The fourth-order valence-corrected chi connectivity index (χ4v) is 1.41. The SMILES string of the molecule is CCC(=O)C/C(C)=C/Cc1ccccc1. The van der Waals surface area contributed by atoms with Gasteiger partial charge in [-0.1, -0.05) is 48.9 Å². The predicted octanol–water partition coefficient (Wildman–Crippen LogP) is 3.54. The third kappa shape index (κ3) is 4.59. The van der Waals surface area contributed by atoms with Gasteiger partial charge in [0.2, 0.25) is 0 Å². The van der Waals surface area contributed by atoms with Crippen LogP contribution in [0.3, 0.4) is 0 Å². The predicted molar refractivity (Wildman–Crippen MR) is 63.8 cm³/mol. The van der Waals surface area contributed by atoms with E-state index >= 15 is 0 Å². The van der Waals surface area contributed by atoms with Gasteiger partial charge in [-0.3, -0.25) is 4.79 Å². The lowest BCUT2D eigenvalue weighted by atomic mass is 10.1. The van der Waals surface area contributed by atoms with Gasteiger partial charge in [0.1, 0.15) is 5.78 Å². The average molecular weight is 202 g/mol. The standard InChI is InChI=1S/C14H18O/c1-3-14(15)11-12(2)9-10-13-7-5-4-6-8-13/h4-9H,3,10-11H2,1-2H3/b12-9+. The Morgan fingerprint density at radius 1 is 1.27 bits per heavy atom. The quantitative estimate of drug-likeness (QED) is 0.667. The first-order chi connectivity index (χ1) is 7.22. The summed E-state index contributed by atoms with van der Waals surface area (Å²) in [6.07, 6.45) is 4.30. The van der Waals surface area contributed by atoms with E-state index in [1.165, 1.54) is 11.1 Å². The number of carbonyl (C=O) groups is 1. The summed E-state index contributed by atoms with van der Waals surface area (Å²) in [5.41, 5.74) is 2.46. The van der Waals surface area contributed by atoms with Gasteiger partial charge >= 0.3 is 0 Å². The van der Waals surface area contributed by atoms with Gasteiger partial charge in [-0.15, -0.1) is 0 Å². The summed E-state index contributed by atoms with van der Waals surface area (Å²) in [6, 6.07) is 10.3. The molecule has 0 saturated heterocycles. The first-order valence-electron chi connectivity index (χ1n) is 5.43. The summed E-state index contributed by atoms with van der Waals surface area (Å²) in [4.78, 5) is 11.2. The third-order valence-electron chi connectivity index (χ3n) is 2.40. The molecular formula is C14H18O. The Kier molecular flexibility index (Phi) is 4.82. The van der Waals surface area contributed by atoms with Crippen LogP contribution in [-0.4, -0.2) is 5.78 Å². The topological polar surface area (TPSA) is 17.1 Å². The van der Waals surface area contributed by atoms with E-state index in [2.05, 4.69) is 18.2 Å². The summed E-state index contributed by atoms with van der Waals surface area (Å²) in [5.74, 6) is 0.316. The Balaban J connectivity index is 2.47. The van der Waals surface area contributed by atoms with Gasteiger partial charge in [-0.2, -0.15) is 0 Å². The molecule has 1 nitrogen and oxygen atoms in total. The summed E-state index contributed by atoms with van der Waals surface area (Å²) in [7, 11) is 0. The van der Waals surface area contributed by atoms with Crippen molar-refractivity contribution in [3.63, 3.8) is 0 Å². The van der Waals surface area contributed by atoms with Crippen LogP contribution in [0.25, 0.3) is 0 Å². The molecule has 0 amide bonds. The molecule has 0 aromatic heterocycles. The maximum atomic E-state index is 11.2. The maximum Gasteiger partial charge on any atom is 0.136 e. The van der Waals surface area contributed by atoms with Crippen molar-refractivity contribution in [1.29, 1.82) is 0 Å². The van der Waals surface area contributed by atoms with Crippen molar-refractivity contribution in [2.24, 2.45) is 0 Å². The van der Waals surface area contributed by atoms with Crippen LogP contribution in [0, 0.1) is 0 Å². The van der Waals surface area contributed by atoms with Crippen molar-refractivity contribution >= 4 is 5.78 Å². The molecule has 1 rings (SSSR count). The molecule has 0 bridgehead atoms. The molecule has 80 valence electrons. The number of hydrogen-bond acceptors (Lipinski definition) is 1. The molecule has 0 saturated carbocycles. The molecule has 0 unspecified atom stereocenters. The molecule has 0 aliphatic rings. The van der Waals surface area contributed by atoms with E-state index in [9.17, 15) is 4.79 Å². The van der Waals surface area contributed by atoms with E-state index in [1.807, 2.05) is 32.0 Å². The Bertz CT molecular complexity index is 336. The lowest BCUT2D eigenvalue weighted by Gasteiger charge is -1.99. The van der Waals surface area contributed by atoms with E-state index in [4.69, 9.17) is 0 Å². The summed E-state index contributed by atoms with van der Waals surface area (Å²) < 4.78 is 0. The number of ketones is 1. The van der Waals surface area contributed by atoms with E-state index in [0.29, 0.717) is 18.6 Å². The van der Waals surface area contributed by atoms with Crippen LogP contribution >= 0.6 is 0 Å². The van der Waals surface area contributed by atoms with Crippen molar-refractivity contribution in [1.82, 2.24) is 0 Å². The van der Waals surface area contributed by atoms with Gasteiger partial charge in [0, 0.05) is 12.8 Å². The minimum Gasteiger partial charge on any atom is -0.299 e. The minimum absolute atomic E-state index is 0.316. The van der Waals surface area contributed by atoms with E-state index in [-0.39, 0.29) is 0 Å². The molecule has 0 N–H and O–H groups in total. The zero-order chi connectivity index (χ0) is 11.1. The highest BCUT2D eigenvalue weighted by Crippen LogP contribution is 2.07. The largest absolute Gasteiger partial charge is 0.299 e. The van der Waals surface area contributed by atoms with Gasteiger partial charge in [-0.25, -0.2) is 0 Å². The van der Waals surface area contributed by atoms with Crippen LogP contribution in [0.5, 0.6) is 0 Å². The van der Waals surface area contributed by atoms with Crippen molar-refractivity contribution in [2.45, 2.75) is 33.1 Å². The van der Waals surface area contributed by atoms with E-state index < -0.39 is 0 Å². The Labute approximate surface area is 91.8 Å². The highest BCUT2D eigenvalue weighted by molar-refractivity contribution is 5.80. The van der Waals surface area contributed by atoms with Crippen molar-refractivity contribution < 1.29 is 4.79 Å². The zero-order valence-electron chi connectivity index (χ0n) is 9.49. The van der Waals surface area contributed by atoms with Gasteiger partial charge in [-0.05, 0) is 18.9 Å². The van der Waals surface area contributed by atoms with Crippen LogP contribution in [0.2, 0.25) is 0 Å². The number of carbonyl (C=O) groups excluding carboxylic acids is 1. The van der Waals surface area contributed by atoms with Crippen LogP contribution in [-0.2, 0) is 11.2 Å². The van der Waals surface area contributed by atoms with Gasteiger partial charge < -0.3 is 0 Å². The number of allylic oxidation sites excluding steroid dienone is 2. The smallest absolute Gasteiger partial charge is 0.136 e. The lowest BCUT2D eigenvalue weighted by Crippen LogP contribution is -1.95. The molecule has 0 radical (unpaired) electrons. The summed E-state index contributed by atoms with van der Waals surface area (Å²) in [6.45, 7) is 3.93. The van der Waals surface area contributed by atoms with Crippen molar-refractivity contribution in [3.05, 3.63) is 47.5 Å².